The number of benzene rings is 3. The summed E-state index contributed by atoms with van der Waals surface area (Å²) in [6, 6.07) is 22.9. The van der Waals surface area contributed by atoms with Gasteiger partial charge in [-0.2, -0.15) is 0 Å². The van der Waals surface area contributed by atoms with Crippen LogP contribution in [0.4, 0.5) is 10.1 Å². The summed E-state index contributed by atoms with van der Waals surface area (Å²) in [4.78, 5) is 14.2. The van der Waals surface area contributed by atoms with Gasteiger partial charge in [0.25, 0.3) is 5.91 Å². The lowest BCUT2D eigenvalue weighted by molar-refractivity contribution is -0.915. The summed E-state index contributed by atoms with van der Waals surface area (Å²) >= 11 is 0. The number of quaternary nitrogens is 1. The van der Waals surface area contributed by atoms with E-state index in [2.05, 4.69) is 5.32 Å². The zero-order valence-electron chi connectivity index (χ0n) is 16.0. The highest BCUT2D eigenvalue weighted by Crippen LogP contribution is 2.19. The molecule has 0 aliphatic carbocycles. The Balaban J connectivity index is 1.83. The van der Waals surface area contributed by atoms with Crippen molar-refractivity contribution in [2.75, 3.05) is 19.5 Å². The SMILES string of the molecule is COc1cccc(NC(=O)[C@H](c2ccccc2)[NH+](C)Cc2ccc(F)cc2)c1. The molecular formula is C23H24FN2O2+. The molecule has 3 aromatic rings. The number of amides is 1. The van der Waals surface area contributed by atoms with Crippen molar-refractivity contribution in [2.45, 2.75) is 12.6 Å². The van der Waals surface area contributed by atoms with Gasteiger partial charge in [0, 0.05) is 22.9 Å². The molecule has 3 rings (SSSR count). The van der Waals surface area contributed by atoms with E-state index >= 15 is 0 Å². The minimum atomic E-state index is -0.419. The van der Waals surface area contributed by atoms with Crippen molar-refractivity contribution >= 4 is 11.6 Å². The highest BCUT2D eigenvalue weighted by atomic mass is 19.1. The molecule has 0 aliphatic rings. The molecule has 2 N–H and O–H groups in total. The summed E-state index contributed by atoms with van der Waals surface area (Å²) in [7, 11) is 3.56. The summed E-state index contributed by atoms with van der Waals surface area (Å²) < 4.78 is 18.4. The average molecular weight is 379 g/mol. The van der Waals surface area contributed by atoms with Crippen molar-refractivity contribution in [3.63, 3.8) is 0 Å². The van der Waals surface area contributed by atoms with Gasteiger partial charge in [-0.1, -0.05) is 48.5 Å². The first-order valence-electron chi connectivity index (χ1n) is 9.13. The first-order chi connectivity index (χ1) is 13.6. The lowest BCUT2D eigenvalue weighted by atomic mass is 10.0. The maximum atomic E-state index is 13.2. The summed E-state index contributed by atoms with van der Waals surface area (Å²) in [5, 5.41) is 2.99. The van der Waals surface area contributed by atoms with Crippen molar-refractivity contribution in [1.82, 2.24) is 0 Å². The van der Waals surface area contributed by atoms with Crippen LogP contribution in [0, 0.1) is 5.82 Å². The maximum absolute atomic E-state index is 13.2. The van der Waals surface area contributed by atoms with E-state index in [4.69, 9.17) is 4.74 Å². The molecule has 144 valence electrons. The van der Waals surface area contributed by atoms with E-state index in [-0.39, 0.29) is 11.7 Å². The smallest absolute Gasteiger partial charge is 0.287 e. The van der Waals surface area contributed by atoms with Gasteiger partial charge < -0.3 is 15.0 Å². The van der Waals surface area contributed by atoms with Gasteiger partial charge >= 0.3 is 0 Å². The van der Waals surface area contributed by atoms with E-state index in [0.717, 1.165) is 16.0 Å². The topological polar surface area (TPSA) is 42.8 Å². The fraction of sp³-hybridized carbons (Fsp3) is 0.174. The minimum absolute atomic E-state index is 0.112. The molecule has 0 heterocycles. The second-order valence-electron chi connectivity index (χ2n) is 6.71. The van der Waals surface area contributed by atoms with Gasteiger partial charge in [-0.15, -0.1) is 0 Å². The minimum Gasteiger partial charge on any atom is -0.497 e. The van der Waals surface area contributed by atoms with Crippen molar-refractivity contribution in [3.05, 3.63) is 95.8 Å². The van der Waals surface area contributed by atoms with Gasteiger partial charge in [0.05, 0.1) is 14.2 Å². The number of anilines is 1. The quantitative estimate of drug-likeness (QED) is 0.662. The van der Waals surface area contributed by atoms with Gasteiger partial charge in [0.2, 0.25) is 0 Å². The third kappa shape index (κ3) is 4.96. The monoisotopic (exact) mass is 379 g/mol. The normalized spacial score (nSPS) is 12.8. The third-order valence-electron chi connectivity index (χ3n) is 4.62. The van der Waals surface area contributed by atoms with Crippen LogP contribution in [0.3, 0.4) is 0 Å². The molecule has 2 atom stereocenters. The molecule has 4 nitrogen and oxygen atoms in total. The molecule has 1 unspecified atom stereocenters. The molecule has 0 saturated heterocycles. The van der Waals surface area contributed by atoms with Crippen LogP contribution in [0.15, 0.2) is 78.9 Å². The predicted octanol–water partition coefficient (Wildman–Crippen LogP) is 3.23. The van der Waals surface area contributed by atoms with Crippen LogP contribution in [-0.2, 0) is 11.3 Å². The van der Waals surface area contributed by atoms with Crippen molar-refractivity contribution < 1.29 is 18.8 Å². The maximum Gasteiger partial charge on any atom is 0.287 e. The molecule has 0 radical (unpaired) electrons. The van der Waals surface area contributed by atoms with E-state index < -0.39 is 6.04 Å². The van der Waals surface area contributed by atoms with E-state index in [1.807, 2.05) is 55.6 Å². The fourth-order valence-corrected chi connectivity index (χ4v) is 3.25. The van der Waals surface area contributed by atoms with Crippen LogP contribution in [0.1, 0.15) is 17.2 Å². The lowest BCUT2D eigenvalue weighted by Gasteiger charge is -2.25. The Kier molecular flexibility index (Phi) is 6.40. The number of ether oxygens (including phenoxy) is 1. The Morgan fingerprint density at radius 2 is 1.75 bits per heavy atom. The van der Waals surface area contributed by atoms with Crippen LogP contribution in [0.25, 0.3) is 0 Å². The highest BCUT2D eigenvalue weighted by Gasteiger charge is 2.29. The summed E-state index contributed by atoms with van der Waals surface area (Å²) in [5.41, 5.74) is 2.57. The van der Waals surface area contributed by atoms with E-state index in [9.17, 15) is 9.18 Å². The van der Waals surface area contributed by atoms with Crippen molar-refractivity contribution in [1.29, 1.82) is 0 Å². The third-order valence-corrected chi connectivity index (χ3v) is 4.62. The largest absolute Gasteiger partial charge is 0.497 e. The van der Waals surface area contributed by atoms with Gasteiger partial charge in [-0.25, -0.2) is 4.39 Å². The zero-order chi connectivity index (χ0) is 19.9. The highest BCUT2D eigenvalue weighted by molar-refractivity contribution is 5.94. The van der Waals surface area contributed by atoms with Crippen LogP contribution >= 0.6 is 0 Å². The summed E-state index contributed by atoms with van der Waals surface area (Å²) in [5.74, 6) is 0.303. The number of nitrogens with one attached hydrogen (secondary N) is 2. The molecule has 1 amide bonds. The van der Waals surface area contributed by atoms with Crippen molar-refractivity contribution in [2.24, 2.45) is 0 Å². The van der Waals surface area contributed by atoms with Crippen molar-refractivity contribution in [3.8, 4) is 5.75 Å². The van der Waals surface area contributed by atoms with E-state index in [1.165, 1.54) is 12.1 Å². The number of hydrogen-bond acceptors (Lipinski definition) is 2. The molecule has 0 aliphatic heterocycles. The second kappa shape index (κ2) is 9.15. The van der Waals surface area contributed by atoms with E-state index in [0.29, 0.717) is 18.0 Å². The fourth-order valence-electron chi connectivity index (χ4n) is 3.25. The van der Waals surface area contributed by atoms with Crippen LogP contribution in [0.2, 0.25) is 0 Å². The Bertz CT molecular complexity index is 913. The number of carbonyl (C=O) groups is 1. The molecule has 0 spiro atoms. The average Bonchev–Trinajstić information content (AvgIpc) is 2.71. The molecule has 3 aromatic carbocycles. The van der Waals surface area contributed by atoms with Crippen LogP contribution in [-0.4, -0.2) is 20.1 Å². The number of carbonyl (C=O) groups excluding carboxylic acids is 1. The lowest BCUT2D eigenvalue weighted by Crippen LogP contribution is -3.09. The van der Waals surface area contributed by atoms with Crippen LogP contribution < -0.4 is 15.0 Å². The van der Waals surface area contributed by atoms with E-state index in [1.54, 1.807) is 25.3 Å². The molecular weight excluding hydrogens is 355 g/mol. The van der Waals surface area contributed by atoms with Gasteiger partial charge in [0.15, 0.2) is 6.04 Å². The first kappa shape index (κ1) is 19.6. The Morgan fingerprint density at radius 3 is 2.43 bits per heavy atom. The van der Waals surface area contributed by atoms with Gasteiger partial charge in [-0.05, 0) is 24.3 Å². The number of methoxy groups -OCH3 is 1. The predicted molar refractivity (Wildman–Crippen MR) is 108 cm³/mol. The number of hydrogen-bond donors (Lipinski definition) is 2. The molecule has 5 heteroatoms. The molecule has 28 heavy (non-hydrogen) atoms. The first-order valence-corrected chi connectivity index (χ1v) is 9.13. The standard InChI is InChI=1S/C23H23FN2O2/c1-26(16-17-11-13-19(24)14-12-17)22(18-7-4-3-5-8-18)23(27)25-20-9-6-10-21(15-20)28-2/h3-15,22H,16H2,1-2H3,(H,25,27)/p+1/t22-/m0/s1. The Hall–Kier alpha value is -3.18. The van der Waals surface area contributed by atoms with Gasteiger partial charge in [0.1, 0.15) is 18.1 Å². The molecule has 0 saturated carbocycles. The number of rotatable bonds is 7. The second-order valence-corrected chi connectivity index (χ2v) is 6.71. The summed E-state index contributed by atoms with van der Waals surface area (Å²) in [6.07, 6.45) is 0. The Morgan fingerprint density at radius 1 is 1.04 bits per heavy atom. The molecule has 0 fully saturated rings. The molecule has 0 bridgehead atoms. The Labute approximate surface area is 164 Å². The summed E-state index contributed by atoms with van der Waals surface area (Å²) in [6.45, 7) is 0.589. The number of likely N-dealkylation sites (N-methyl/N-ethyl adjacent to an activating group) is 1. The zero-order valence-corrected chi connectivity index (χ0v) is 16.0. The number of halogens is 1. The van der Waals surface area contributed by atoms with Crippen LogP contribution in [0.5, 0.6) is 5.75 Å². The van der Waals surface area contributed by atoms with Gasteiger partial charge in [-0.3, -0.25) is 4.79 Å². The molecule has 0 aromatic heterocycles.